The van der Waals surface area contributed by atoms with Crippen molar-refractivity contribution in [2.45, 2.75) is 50.6 Å². The Morgan fingerprint density at radius 2 is 1.73 bits per heavy atom. The van der Waals surface area contributed by atoms with Gasteiger partial charge in [0.15, 0.2) is 0 Å². The van der Waals surface area contributed by atoms with Crippen molar-refractivity contribution in [3.63, 3.8) is 0 Å². The van der Waals surface area contributed by atoms with Crippen molar-refractivity contribution >= 4 is 17.5 Å². The second kappa shape index (κ2) is 6.96. The van der Waals surface area contributed by atoms with Gasteiger partial charge in [-0.15, -0.1) is 0 Å². The molecule has 0 aromatic heterocycles. The molecule has 0 saturated heterocycles. The average molecular weight is 370 g/mol. The number of amides is 1. The molecule has 136 valence electrons. The largest absolute Gasteiger partial charge is 0.384 e. The highest BCUT2D eigenvalue weighted by Crippen LogP contribution is 2.55. The van der Waals surface area contributed by atoms with Gasteiger partial charge in [-0.1, -0.05) is 23.7 Å². The molecule has 1 amide bonds. The summed E-state index contributed by atoms with van der Waals surface area (Å²) in [5.41, 5.74) is 1.21. The van der Waals surface area contributed by atoms with Crippen LogP contribution in [-0.4, -0.2) is 11.4 Å². The summed E-state index contributed by atoms with van der Waals surface area (Å²) in [7, 11) is 0. The van der Waals surface area contributed by atoms with Crippen molar-refractivity contribution in [2.24, 2.45) is 17.8 Å². The van der Waals surface area contributed by atoms with E-state index >= 15 is 0 Å². The van der Waals surface area contributed by atoms with Gasteiger partial charge in [-0.05, 0) is 74.0 Å². The number of hydrogen-bond donors (Lipinski definition) is 2. The normalized spacial score (nSPS) is 32.2. The molecule has 0 atom stereocenters. The molecule has 4 fully saturated rings. The lowest BCUT2D eigenvalue weighted by molar-refractivity contribution is -0.117. The van der Waals surface area contributed by atoms with Crippen LogP contribution in [0.2, 0.25) is 5.02 Å². The van der Waals surface area contributed by atoms with Crippen molar-refractivity contribution in [3.05, 3.63) is 46.6 Å². The lowest BCUT2D eigenvalue weighted by Gasteiger charge is -2.56. The molecular weight excluding hydrogens is 346 g/mol. The summed E-state index contributed by atoms with van der Waals surface area (Å²) in [6, 6.07) is 9.36. The van der Waals surface area contributed by atoms with Gasteiger partial charge in [0.05, 0.1) is 0 Å². The van der Waals surface area contributed by atoms with Crippen LogP contribution in [-0.2, 0) is 11.3 Å². The zero-order valence-electron chi connectivity index (χ0n) is 14.8. The molecule has 4 saturated carbocycles. The number of carbonyl (C=O) groups is 1. The predicted molar refractivity (Wildman–Crippen MR) is 101 cm³/mol. The quantitative estimate of drug-likeness (QED) is 0.610. The summed E-state index contributed by atoms with van der Waals surface area (Å²) in [6.07, 6.45) is 9.32. The molecule has 5 heteroatoms. The minimum Gasteiger partial charge on any atom is -0.384 e. The number of benzene rings is 1. The highest BCUT2D eigenvalue weighted by atomic mass is 35.5. The lowest BCUT2D eigenvalue weighted by Crippen LogP contribution is -2.57. The third-order valence-electron chi connectivity index (χ3n) is 6.29. The summed E-state index contributed by atoms with van der Waals surface area (Å²) in [5, 5.41) is 16.4. The highest BCUT2D eigenvalue weighted by molar-refractivity contribution is 6.30. The number of nitrogens with zero attached hydrogens (tertiary/aromatic N) is 1. The van der Waals surface area contributed by atoms with Crippen LogP contribution in [0.4, 0.5) is 0 Å². The Bertz CT molecular complexity index is 727. The van der Waals surface area contributed by atoms with Crippen molar-refractivity contribution in [1.82, 2.24) is 10.6 Å². The van der Waals surface area contributed by atoms with E-state index in [1.165, 1.54) is 38.5 Å². The van der Waals surface area contributed by atoms with Gasteiger partial charge in [-0.25, -0.2) is 0 Å². The lowest BCUT2D eigenvalue weighted by atomic mass is 9.53. The van der Waals surface area contributed by atoms with Crippen LogP contribution in [0.3, 0.4) is 0 Å². The van der Waals surface area contributed by atoms with Crippen LogP contribution < -0.4 is 10.6 Å². The van der Waals surface area contributed by atoms with E-state index in [0.29, 0.717) is 11.6 Å². The third kappa shape index (κ3) is 3.59. The first-order chi connectivity index (χ1) is 12.5. The summed E-state index contributed by atoms with van der Waals surface area (Å²) in [5.74, 6) is 2.14. The Hall–Kier alpha value is -1.99. The van der Waals surface area contributed by atoms with Crippen LogP contribution in [0, 0.1) is 29.1 Å². The van der Waals surface area contributed by atoms with Gasteiger partial charge in [0, 0.05) is 23.3 Å². The van der Waals surface area contributed by atoms with Crippen LogP contribution in [0.1, 0.15) is 44.1 Å². The van der Waals surface area contributed by atoms with Crippen LogP contribution in [0.5, 0.6) is 0 Å². The Morgan fingerprint density at radius 1 is 1.15 bits per heavy atom. The molecule has 0 radical (unpaired) electrons. The van der Waals surface area contributed by atoms with Gasteiger partial charge >= 0.3 is 0 Å². The second-order valence-corrected chi connectivity index (χ2v) is 8.76. The predicted octanol–water partition coefficient (Wildman–Crippen LogP) is 3.92. The molecule has 2 N–H and O–H groups in total. The minimum atomic E-state index is -0.334. The van der Waals surface area contributed by atoms with Crippen molar-refractivity contribution in [1.29, 1.82) is 5.26 Å². The number of halogens is 1. The Kier molecular flexibility index (Phi) is 4.67. The highest BCUT2D eigenvalue weighted by Gasteiger charge is 2.50. The number of nitriles is 1. The number of carbonyl (C=O) groups excluding carboxylic acids is 1. The first-order valence-corrected chi connectivity index (χ1v) is 9.84. The van der Waals surface area contributed by atoms with Crippen molar-refractivity contribution in [3.8, 4) is 6.07 Å². The van der Waals surface area contributed by atoms with Gasteiger partial charge in [-0.2, -0.15) is 5.26 Å². The molecule has 0 unspecified atom stereocenters. The fourth-order valence-corrected chi connectivity index (χ4v) is 5.67. The first kappa shape index (κ1) is 17.4. The average Bonchev–Trinajstić information content (AvgIpc) is 2.60. The van der Waals surface area contributed by atoms with E-state index in [-0.39, 0.29) is 17.0 Å². The zero-order valence-corrected chi connectivity index (χ0v) is 15.6. The third-order valence-corrected chi connectivity index (χ3v) is 6.54. The first-order valence-electron chi connectivity index (χ1n) is 9.46. The maximum Gasteiger partial charge on any atom is 0.263 e. The molecule has 4 nitrogen and oxygen atoms in total. The van der Waals surface area contributed by atoms with E-state index in [9.17, 15) is 10.1 Å². The molecule has 1 aromatic rings. The fraction of sp³-hybridized carbons (Fsp3) is 0.524. The molecule has 4 aliphatic carbocycles. The molecule has 26 heavy (non-hydrogen) atoms. The van der Waals surface area contributed by atoms with Gasteiger partial charge < -0.3 is 10.6 Å². The SMILES string of the molecule is N#C/C(=C/NC12CC3CC(CC(C3)C1)C2)C(=O)NCc1ccc(Cl)cc1. The Labute approximate surface area is 159 Å². The van der Waals surface area contributed by atoms with E-state index < -0.39 is 0 Å². The monoisotopic (exact) mass is 369 g/mol. The van der Waals surface area contributed by atoms with Crippen LogP contribution in [0.25, 0.3) is 0 Å². The fourth-order valence-electron chi connectivity index (χ4n) is 5.54. The molecule has 5 rings (SSSR count). The standard InChI is InChI=1S/C21H24ClN3O/c22-19-3-1-14(2-4-19)12-24-20(26)18(11-23)13-25-21-8-15-5-16(9-21)7-17(6-15)10-21/h1-4,13,15-17,25H,5-10,12H2,(H,24,26)/b18-13-. The Balaban J connectivity index is 1.38. The van der Waals surface area contributed by atoms with Crippen molar-refractivity contribution in [2.75, 3.05) is 0 Å². The molecule has 0 aliphatic heterocycles. The smallest absolute Gasteiger partial charge is 0.263 e. The van der Waals surface area contributed by atoms with E-state index in [1.54, 1.807) is 18.3 Å². The number of hydrogen-bond acceptors (Lipinski definition) is 3. The molecule has 4 aliphatic rings. The molecule has 1 aromatic carbocycles. The summed E-state index contributed by atoms with van der Waals surface area (Å²) in [6.45, 7) is 0.381. The van der Waals surface area contributed by atoms with Gasteiger partial charge in [0.1, 0.15) is 11.6 Å². The van der Waals surface area contributed by atoms with Crippen LogP contribution >= 0.6 is 11.6 Å². The van der Waals surface area contributed by atoms with Gasteiger partial charge in [0.25, 0.3) is 5.91 Å². The van der Waals surface area contributed by atoms with E-state index in [1.807, 2.05) is 18.2 Å². The van der Waals surface area contributed by atoms with Gasteiger partial charge in [-0.3, -0.25) is 4.79 Å². The van der Waals surface area contributed by atoms with Gasteiger partial charge in [0.2, 0.25) is 0 Å². The summed E-state index contributed by atoms with van der Waals surface area (Å²) >= 11 is 5.87. The second-order valence-electron chi connectivity index (χ2n) is 8.32. The molecule has 0 spiro atoms. The molecule has 0 heterocycles. The maximum absolute atomic E-state index is 12.4. The van der Waals surface area contributed by atoms with Crippen molar-refractivity contribution < 1.29 is 4.79 Å². The summed E-state index contributed by atoms with van der Waals surface area (Å²) in [4.78, 5) is 12.4. The van der Waals surface area contributed by atoms with E-state index in [0.717, 1.165) is 23.3 Å². The summed E-state index contributed by atoms with van der Waals surface area (Å²) < 4.78 is 0. The van der Waals surface area contributed by atoms with E-state index in [4.69, 9.17) is 11.6 Å². The Morgan fingerprint density at radius 3 is 2.27 bits per heavy atom. The number of rotatable bonds is 5. The van der Waals surface area contributed by atoms with Crippen LogP contribution in [0.15, 0.2) is 36.0 Å². The minimum absolute atomic E-state index is 0.104. The zero-order chi connectivity index (χ0) is 18.1. The van der Waals surface area contributed by atoms with E-state index in [2.05, 4.69) is 10.6 Å². The number of nitrogens with one attached hydrogen (secondary N) is 2. The maximum atomic E-state index is 12.4. The topological polar surface area (TPSA) is 64.9 Å². The molecule has 4 bridgehead atoms. The molecular formula is C21H24ClN3O.